The molecule has 6 nitrogen and oxygen atoms in total. The van der Waals surface area contributed by atoms with Crippen LogP contribution in [0.4, 0.5) is 13.2 Å². The summed E-state index contributed by atoms with van der Waals surface area (Å²) < 4.78 is 46.6. The van der Waals surface area contributed by atoms with E-state index in [9.17, 15) is 23.1 Å². The number of hydrogen-bond acceptors (Lipinski definition) is 5. The van der Waals surface area contributed by atoms with Gasteiger partial charge in [0.1, 0.15) is 11.5 Å². The Morgan fingerprint density at radius 2 is 1.70 bits per heavy atom. The number of nitrogens with zero attached hydrogens (tertiary/aromatic N) is 1. The van der Waals surface area contributed by atoms with E-state index in [1.165, 1.54) is 48.7 Å². The zero-order valence-corrected chi connectivity index (χ0v) is 19.9. The van der Waals surface area contributed by atoms with Crippen LogP contribution in [-0.2, 0) is 18.0 Å². The summed E-state index contributed by atoms with van der Waals surface area (Å²) in [5.74, 6) is -0.890. The maximum atomic E-state index is 12.3. The van der Waals surface area contributed by atoms with Crippen LogP contribution >= 0.6 is 11.6 Å². The number of hydrogen-bond donors (Lipinski definition) is 2. The second-order valence-corrected chi connectivity index (χ2v) is 8.32. The number of alkyl halides is 3. The second-order valence-electron chi connectivity index (χ2n) is 7.91. The van der Waals surface area contributed by atoms with Gasteiger partial charge in [0.05, 0.1) is 24.5 Å². The van der Waals surface area contributed by atoms with Crippen molar-refractivity contribution in [1.29, 1.82) is 0 Å². The van der Waals surface area contributed by atoms with Crippen LogP contribution in [0.15, 0.2) is 84.0 Å². The first kappa shape index (κ1) is 26.0. The number of nitrogens with one attached hydrogen (secondary N) is 1. The molecule has 0 aliphatic rings. The fourth-order valence-corrected chi connectivity index (χ4v) is 3.76. The highest BCUT2D eigenvalue weighted by molar-refractivity contribution is 6.32. The molecule has 190 valence electrons. The summed E-state index contributed by atoms with van der Waals surface area (Å²) in [6, 6.07) is 21.0. The van der Waals surface area contributed by atoms with Crippen molar-refractivity contribution in [3.8, 4) is 11.5 Å². The smallest absolute Gasteiger partial charge is 0.506 e. The van der Waals surface area contributed by atoms with Crippen molar-refractivity contribution in [1.82, 2.24) is 5.43 Å². The standard InChI is InChI=1S/C27H20ClF3N2O4/c28-24-13-18(9-12-25(24)34)26(35)33-32-14-19-3-1-6-23-20(4-2-5-22(19)23)16-36-15-17-7-10-21(11-8-17)37-27(29,30)31/h1-14,34H,15-16H2,(H,33,35)/b32-14+. The highest BCUT2D eigenvalue weighted by Gasteiger charge is 2.30. The van der Waals surface area contributed by atoms with Crippen molar-refractivity contribution in [2.24, 2.45) is 5.10 Å². The van der Waals surface area contributed by atoms with Crippen LogP contribution in [0.2, 0.25) is 5.02 Å². The summed E-state index contributed by atoms with van der Waals surface area (Å²) in [5.41, 5.74) is 5.07. The Kier molecular flexibility index (Phi) is 7.95. The van der Waals surface area contributed by atoms with Gasteiger partial charge in [-0.15, -0.1) is 13.2 Å². The summed E-state index contributed by atoms with van der Waals surface area (Å²) in [7, 11) is 0. The van der Waals surface area contributed by atoms with E-state index >= 15 is 0 Å². The highest BCUT2D eigenvalue weighted by Crippen LogP contribution is 2.25. The molecule has 2 N–H and O–H groups in total. The third kappa shape index (κ3) is 6.99. The van der Waals surface area contributed by atoms with E-state index in [2.05, 4.69) is 15.3 Å². The Bertz CT molecular complexity index is 1440. The van der Waals surface area contributed by atoms with Gasteiger partial charge in [-0.1, -0.05) is 60.1 Å². The van der Waals surface area contributed by atoms with Crippen LogP contribution in [0.1, 0.15) is 27.0 Å². The number of carbonyl (C=O) groups is 1. The first-order valence-corrected chi connectivity index (χ1v) is 11.3. The fourth-order valence-electron chi connectivity index (χ4n) is 3.58. The molecule has 0 fully saturated rings. The minimum absolute atomic E-state index is 0.0629. The molecule has 0 aromatic heterocycles. The van der Waals surface area contributed by atoms with E-state index in [4.69, 9.17) is 16.3 Å². The monoisotopic (exact) mass is 528 g/mol. The Labute approximate surface area is 214 Å². The predicted octanol–water partition coefficient (Wildman–Crippen LogP) is 6.58. The predicted molar refractivity (Wildman–Crippen MR) is 134 cm³/mol. The lowest BCUT2D eigenvalue weighted by Gasteiger charge is -2.11. The highest BCUT2D eigenvalue weighted by atomic mass is 35.5. The van der Waals surface area contributed by atoms with Crippen LogP contribution in [0.5, 0.6) is 11.5 Å². The van der Waals surface area contributed by atoms with Gasteiger partial charge in [-0.2, -0.15) is 5.10 Å². The summed E-state index contributed by atoms with van der Waals surface area (Å²) in [5, 5.41) is 15.4. The van der Waals surface area contributed by atoms with Gasteiger partial charge < -0.3 is 14.6 Å². The number of ether oxygens (including phenoxy) is 2. The van der Waals surface area contributed by atoms with Crippen molar-refractivity contribution >= 4 is 34.5 Å². The molecular weight excluding hydrogens is 509 g/mol. The van der Waals surface area contributed by atoms with Crippen LogP contribution in [-0.4, -0.2) is 23.6 Å². The molecule has 0 saturated heterocycles. The topological polar surface area (TPSA) is 80.2 Å². The van der Waals surface area contributed by atoms with Gasteiger partial charge in [-0.3, -0.25) is 4.79 Å². The number of amides is 1. The fraction of sp³-hybridized carbons (Fsp3) is 0.111. The molecule has 0 bridgehead atoms. The lowest BCUT2D eigenvalue weighted by molar-refractivity contribution is -0.274. The van der Waals surface area contributed by atoms with Gasteiger partial charge in [-0.05, 0) is 52.2 Å². The summed E-state index contributed by atoms with van der Waals surface area (Å²) >= 11 is 5.85. The minimum Gasteiger partial charge on any atom is -0.506 e. The molecule has 0 saturated carbocycles. The van der Waals surface area contributed by atoms with Crippen LogP contribution < -0.4 is 10.2 Å². The molecule has 37 heavy (non-hydrogen) atoms. The molecule has 0 aliphatic carbocycles. The zero-order chi connectivity index (χ0) is 26.4. The quantitative estimate of drug-likeness (QED) is 0.200. The summed E-state index contributed by atoms with van der Waals surface area (Å²) in [4.78, 5) is 12.3. The SMILES string of the molecule is O=C(N/N=C/c1cccc2c(COCc3ccc(OC(F)(F)F)cc3)cccc12)c1ccc(O)c(Cl)c1. The summed E-state index contributed by atoms with van der Waals surface area (Å²) in [6.07, 6.45) is -3.21. The maximum Gasteiger partial charge on any atom is 0.573 e. The van der Waals surface area contributed by atoms with Crippen molar-refractivity contribution in [3.05, 3.63) is 106 Å². The van der Waals surface area contributed by atoms with E-state index in [1.807, 2.05) is 36.4 Å². The van der Waals surface area contributed by atoms with E-state index in [-0.39, 0.29) is 35.3 Å². The Hall–Kier alpha value is -4.08. The van der Waals surface area contributed by atoms with Crippen LogP contribution in [0.3, 0.4) is 0 Å². The van der Waals surface area contributed by atoms with Crippen molar-refractivity contribution < 1.29 is 32.5 Å². The number of phenolic OH excluding ortho intramolecular Hbond substituents is 1. The molecule has 0 spiro atoms. The van der Waals surface area contributed by atoms with E-state index in [0.717, 1.165) is 21.9 Å². The van der Waals surface area contributed by atoms with Crippen molar-refractivity contribution in [3.63, 3.8) is 0 Å². The Morgan fingerprint density at radius 3 is 2.43 bits per heavy atom. The normalized spacial score (nSPS) is 11.7. The molecule has 4 aromatic rings. The molecule has 0 atom stereocenters. The molecule has 4 rings (SSSR count). The van der Waals surface area contributed by atoms with Gasteiger partial charge in [0, 0.05) is 11.1 Å². The van der Waals surface area contributed by atoms with Crippen LogP contribution in [0.25, 0.3) is 10.8 Å². The number of hydrazone groups is 1. The number of benzene rings is 4. The molecule has 1 amide bonds. The number of rotatable bonds is 8. The van der Waals surface area contributed by atoms with Gasteiger partial charge in [-0.25, -0.2) is 5.43 Å². The Morgan fingerprint density at radius 1 is 0.973 bits per heavy atom. The molecule has 0 aliphatic heterocycles. The van der Waals surface area contributed by atoms with E-state index in [0.29, 0.717) is 5.56 Å². The molecule has 10 heteroatoms. The molecule has 0 heterocycles. The van der Waals surface area contributed by atoms with Crippen molar-refractivity contribution in [2.45, 2.75) is 19.6 Å². The van der Waals surface area contributed by atoms with Gasteiger partial charge in [0.15, 0.2) is 0 Å². The number of aromatic hydroxyl groups is 1. The summed E-state index contributed by atoms with van der Waals surface area (Å²) in [6.45, 7) is 0.480. The third-order valence-electron chi connectivity index (χ3n) is 5.31. The first-order chi connectivity index (χ1) is 17.7. The Balaban J connectivity index is 1.40. The molecule has 0 radical (unpaired) electrons. The number of carbonyl (C=O) groups excluding carboxylic acids is 1. The number of phenols is 1. The largest absolute Gasteiger partial charge is 0.573 e. The van der Waals surface area contributed by atoms with Gasteiger partial charge in [0.25, 0.3) is 5.91 Å². The lowest BCUT2D eigenvalue weighted by atomic mass is 10.0. The number of fused-ring (bicyclic) bond motifs is 1. The average molecular weight is 529 g/mol. The molecule has 0 unspecified atom stereocenters. The second kappa shape index (κ2) is 11.3. The van der Waals surface area contributed by atoms with Gasteiger partial charge in [0.2, 0.25) is 0 Å². The maximum absolute atomic E-state index is 12.3. The van der Waals surface area contributed by atoms with Crippen molar-refractivity contribution in [2.75, 3.05) is 0 Å². The minimum atomic E-state index is -4.73. The van der Waals surface area contributed by atoms with Crippen LogP contribution in [0, 0.1) is 0 Å². The first-order valence-electron chi connectivity index (χ1n) is 10.9. The van der Waals surface area contributed by atoms with E-state index < -0.39 is 12.3 Å². The number of halogens is 4. The third-order valence-corrected chi connectivity index (χ3v) is 5.61. The zero-order valence-electron chi connectivity index (χ0n) is 19.1. The van der Waals surface area contributed by atoms with E-state index in [1.54, 1.807) is 0 Å². The van der Waals surface area contributed by atoms with Gasteiger partial charge >= 0.3 is 6.36 Å². The average Bonchev–Trinajstić information content (AvgIpc) is 2.86. The lowest BCUT2D eigenvalue weighted by Crippen LogP contribution is -2.17. The molecule has 4 aromatic carbocycles. The molecular formula is C27H20ClF3N2O4.